The number of amides is 1. The maximum Gasteiger partial charge on any atom is 0.252 e. The lowest BCUT2D eigenvalue weighted by molar-refractivity contribution is 0.0954. The lowest BCUT2D eigenvalue weighted by atomic mass is 10.2. The highest BCUT2D eigenvalue weighted by atomic mass is 127. The molecule has 22 heavy (non-hydrogen) atoms. The Balaban J connectivity index is 0.00000242. The molecule has 0 radical (unpaired) electrons. The predicted molar refractivity (Wildman–Crippen MR) is 101 cm³/mol. The van der Waals surface area contributed by atoms with Crippen LogP contribution < -0.4 is 16.0 Å². The molecule has 0 aliphatic heterocycles. The molecule has 122 valence electrons. The zero-order valence-corrected chi connectivity index (χ0v) is 15.8. The lowest BCUT2D eigenvalue weighted by Gasteiger charge is -2.12. The van der Waals surface area contributed by atoms with Crippen LogP contribution in [-0.2, 0) is 0 Å². The maximum absolute atomic E-state index is 11.9. The average molecular weight is 437 g/mol. The summed E-state index contributed by atoms with van der Waals surface area (Å²) < 4.78 is 0. The number of guanidine groups is 1. The monoisotopic (exact) mass is 436 g/mol. The van der Waals surface area contributed by atoms with Gasteiger partial charge in [-0.05, 0) is 24.5 Å². The van der Waals surface area contributed by atoms with Crippen LogP contribution in [-0.4, -0.2) is 38.0 Å². The van der Waals surface area contributed by atoms with Crippen LogP contribution >= 0.6 is 35.6 Å². The number of aliphatic imine (C=N–C) groups is 1. The summed E-state index contributed by atoms with van der Waals surface area (Å²) in [5.74, 6) is 1.32. The van der Waals surface area contributed by atoms with Gasteiger partial charge in [0.15, 0.2) is 5.96 Å². The first-order valence-corrected chi connectivity index (χ1v) is 7.49. The SMILES string of the molecule is CN=C(NCCNC(=O)c1ccccc1Cl)NC1CC1C.I. The Bertz CT molecular complexity index is 538. The fourth-order valence-corrected chi connectivity index (χ4v) is 2.21. The molecule has 0 saturated heterocycles. The van der Waals surface area contributed by atoms with Crippen LogP contribution in [0.1, 0.15) is 23.7 Å². The van der Waals surface area contributed by atoms with Crippen LogP contribution in [0, 0.1) is 5.92 Å². The molecule has 3 N–H and O–H groups in total. The third-order valence-corrected chi connectivity index (χ3v) is 3.81. The van der Waals surface area contributed by atoms with Crippen molar-refractivity contribution in [3.63, 3.8) is 0 Å². The standard InChI is InChI=1S/C15H21ClN4O.HI/c1-10-9-13(10)20-15(17-2)19-8-7-18-14(21)11-5-3-4-6-12(11)16;/h3-6,10,13H,7-9H2,1-2H3,(H,18,21)(H2,17,19,20);1H. The van der Waals surface area contributed by atoms with Crippen LogP contribution in [0.3, 0.4) is 0 Å². The van der Waals surface area contributed by atoms with Gasteiger partial charge in [-0.1, -0.05) is 30.7 Å². The van der Waals surface area contributed by atoms with Gasteiger partial charge in [0.1, 0.15) is 0 Å². The second-order valence-corrected chi connectivity index (χ2v) is 5.61. The first-order chi connectivity index (χ1) is 10.1. The molecule has 1 aromatic rings. The van der Waals surface area contributed by atoms with Gasteiger partial charge in [-0.3, -0.25) is 9.79 Å². The number of hydrogen-bond donors (Lipinski definition) is 3. The van der Waals surface area contributed by atoms with E-state index in [9.17, 15) is 4.79 Å². The van der Waals surface area contributed by atoms with Crippen LogP contribution in [0.15, 0.2) is 29.3 Å². The number of nitrogens with one attached hydrogen (secondary N) is 3. The van der Waals surface area contributed by atoms with E-state index in [4.69, 9.17) is 11.6 Å². The van der Waals surface area contributed by atoms with Gasteiger partial charge in [0.05, 0.1) is 10.6 Å². The molecule has 1 fully saturated rings. The van der Waals surface area contributed by atoms with Crippen LogP contribution in [0.5, 0.6) is 0 Å². The maximum atomic E-state index is 11.9. The van der Waals surface area contributed by atoms with E-state index in [-0.39, 0.29) is 29.9 Å². The molecule has 0 aromatic heterocycles. The highest BCUT2D eigenvalue weighted by Crippen LogP contribution is 2.28. The summed E-state index contributed by atoms with van der Waals surface area (Å²) in [7, 11) is 1.74. The third-order valence-electron chi connectivity index (χ3n) is 3.48. The van der Waals surface area contributed by atoms with Gasteiger partial charge in [-0.15, -0.1) is 24.0 Å². The number of halogens is 2. The Morgan fingerprint density at radius 1 is 1.32 bits per heavy atom. The molecule has 2 unspecified atom stereocenters. The third kappa shape index (κ3) is 5.64. The summed E-state index contributed by atoms with van der Waals surface area (Å²) in [5, 5.41) is 9.79. The van der Waals surface area contributed by atoms with E-state index >= 15 is 0 Å². The van der Waals surface area contributed by atoms with E-state index in [1.54, 1.807) is 31.3 Å². The van der Waals surface area contributed by atoms with Crippen molar-refractivity contribution < 1.29 is 4.79 Å². The molecule has 5 nitrogen and oxygen atoms in total. The van der Waals surface area contributed by atoms with Crippen molar-refractivity contribution in [2.45, 2.75) is 19.4 Å². The zero-order chi connectivity index (χ0) is 15.2. The fraction of sp³-hybridized carbons (Fsp3) is 0.467. The number of rotatable bonds is 5. The molecule has 1 aromatic carbocycles. The Morgan fingerprint density at radius 3 is 2.55 bits per heavy atom. The minimum atomic E-state index is -0.166. The van der Waals surface area contributed by atoms with E-state index in [1.165, 1.54) is 6.42 Å². The highest BCUT2D eigenvalue weighted by Gasteiger charge is 2.33. The predicted octanol–water partition coefficient (Wildman–Crippen LogP) is 2.26. The summed E-state index contributed by atoms with van der Waals surface area (Å²) in [5.41, 5.74) is 0.494. The zero-order valence-electron chi connectivity index (χ0n) is 12.7. The van der Waals surface area contributed by atoms with Gasteiger partial charge in [0.25, 0.3) is 5.91 Å². The second-order valence-electron chi connectivity index (χ2n) is 5.20. The van der Waals surface area contributed by atoms with E-state index < -0.39 is 0 Å². The van der Waals surface area contributed by atoms with Crippen LogP contribution in [0.2, 0.25) is 5.02 Å². The first-order valence-electron chi connectivity index (χ1n) is 7.11. The molecule has 0 bridgehead atoms. The van der Waals surface area contributed by atoms with Gasteiger partial charge in [0, 0.05) is 26.2 Å². The summed E-state index contributed by atoms with van der Waals surface area (Å²) in [6.45, 7) is 3.32. The Labute approximate surface area is 153 Å². The summed E-state index contributed by atoms with van der Waals surface area (Å²) in [6.07, 6.45) is 1.18. The summed E-state index contributed by atoms with van der Waals surface area (Å²) in [4.78, 5) is 16.1. The minimum absolute atomic E-state index is 0. The topological polar surface area (TPSA) is 65.5 Å². The normalized spacial score (nSPS) is 19.9. The number of carbonyl (C=O) groups is 1. The summed E-state index contributed by atoms with van der Waals surface area (Å²) in [6, 6.07) is 7.53. The Hall–Kier alpha value is -1.02. The van der Waals surface area contributed by atoms with Gasteiger partial charge >= 0.3 is 0 Å². The van der Waals surface area contributed by atoms with Gasteiger partial charge in [0.2, 0.25) is 0 Å². The van der Waals surface area contributed by atoms with Crippen molar-refractivity contribution in [1.82, 2.24) is 16.0 Å². The molecule has 7 heteroatoms. The van der Waals surface area contributed by atoms with Gasteiger partial charge in [-0.25, -0.2) is 0 Å². The van der Waals surface area contributed by atoms with Crippen molar-refractivity contribution in [3.05, 3.63) is 34.9 Å². The minimum Gasteiger partial charge on any atom is -0.355 e. The smallest absolute Gasteiger partial charge is 0.252 e. The molecule has 1 saturated carbocycles. The van der Waals surface area contributed by atoms with E-state index in [0.29, 0.717) is 35.6 Å². The van der Waals surface area contributed by atoms with Crippen molar-refractivity contribution >= 4 is 47.4 Å². The fourth-order valence-electron chi connectivity index (χ4n) is 1.99. The van der Waals surface area contributed by atoms with E-state index in [2.05, 4.69) is 27.9 Å². The molecule has 1 aliphatic carbocycles. The quantitative estimate of drug-likeness (QED) is 0.287. The first kappa shape index (κ1) is 19.0. The molecule has 2 rings (SSSR count). The van der Waals surface area contributed by atoms with Crippen molar-refractivity contribution in [2.24, 2.45) is 10.9 Å². The average Bonchev–Trinajstić information content (AvgIpc) is 3.17. The number of benzene rings is 1. The highest BCUT2D eigenvalue weighted by molar-refractivity contribution is 14.0. The second kappa shape index (κ2) is 9.19. The molecule has 1 amide bonds. The van der Waals surface area contributed by atoms with Crippen molar-refractivity contribution in [3.8, 4) is 0 Å². The van der Waals surface area contributed by atoms with Gasteiger partial charge in [-0.2, -0.15) is 0 Å². The molecule has 2 atom stereocenters. The molecular formula is C15H22ClIN4O. The number of nitrogens with zero attached hydrogens (tertiary/aromatic N) is 1. The molecule has 1 aliphatic rings. The van der Waals surface area contributed by atoms with Crippen molar-refractivity contribution in [2.75, 3.05) is 20.1 Å². The largest absolute Gasteiger partial charge is 0.355 e. The molecular weight excluding hydrogens is 415 g/mol. The van der Waals surface area contributed by atoms with Crippen molar-refractivity contribution in [1.29, 1.82) is 0 Å². The van der Waals surface area contributed by atoms with Crippen LogP contribution in [0.25, 0.3) is 0 Å². The van der Waals surface area contributed by atoms with E-state index in [0.717, 1.165) is 5.96 Å². The van der Waals surface area contributed by atoms with Gasteiger partial charge < -0.3 is 16.0 Å². The number of hydrogen-bond acceptors (Lipinski definition) is 2. The molecule has 0 heterocycles. The molecule has 0 spiro atoms. The summed E-state index contributed by atoms with van der Waals surface area (Å²) >= 11 is 5.98. The Kier molecular flexibility index (Phi) is 7.95. The van der Waals surface area contributed by atoms with Crippen LogP contribution in [0.4, 0.5) is 0 Å². The Morgan fingerprint density at radius 2 is 1.95 bits per heavy atom. The number of carbonyl (C=O) groups excluding carboxylic acids is 1. The van der Waals surface area contributed by atoms with E-state index in [1.807, 2.05) is 0 Å². The lowest BCUT2D eigenvalue weighted by Crippen LogP contribution is -2.42.